The van der Waals surface area contributed by atoms with E-state index in [2.05, 4.69) is 26.0 Å². The van der Waals surface area contributed by atoms with Crippen molar-refractivity contribution in [2.45, 2.75) is 5.33 Å². The van der Waals surface area contributed by atoms with E-state index in [-0.39, 0.29) is 16.7 Å². The van der Waals surface area contributed by atoms with Crippen molar-refractivity contribution in [2.75, 3.05) is 0 Å². The second kappa shape index (κ2) is 4.59. The van der Waals surface area contributed by atoms with E-state index >= 15 is 0 Å². The van der Waals surface area contributed by atoms with Crippen molar-refractivity contribution < 1.29 is 4.92 Å². The fraction of sp³-hybridized carbons (Fsp3) is 0.143. The van der Waals surface area contributed by atoms with Gasteiger partial charge in [0, 0.05) is 27.6 Å². The molecule has 0 bridgehead atoms. The first-order valence-corrected chi connectivity index (χ1v) is 4.70. The van der Waals surface area contributed by atoms with Gasteiger partial charge in [-0.15, -0.1) is 0 Å². The van der Waals surface area contributed by atoms with Gasteiger partial charge in [-0.05, 0) is 5.53 Å². The molecule has 0 radical (unpaired) electrons. The van der Waals surface area contributed by atoms with Gasteiger partial charge in [0.05, 0.1) is 4.92 Å². The monoisotopic (exact) mass is 256 g/mol. The fourth-order valence-corrected chi connectivity index (χ4v) is 1.59. The van der Waals surface area contributed by atoms with Crippen LogP contribution in [-0.4, -0.2) is 4.92 Å². The van der Waals surface area contributed by atoms with E-state index in [1.165, 1.54) is 18.2 Å². The number of azide groups is 1. The Bertz CT molecular complexity index is 394. The van der Waals surface area contributed by atoms with Crippen LogP contribution in [0.5, 0.6) is 0 Å². The lowest BCUT2D eigenvalue weighted by atomic mass is 10.1. The summed E-state index contributed by atoms with van der Waals surface area (Å²) in [6.45, 7) is 0. The SMILES string of the molecule is [N-]=[N+]=Nc1cccc([N+](=O)[O-])c1CBr. The molecule has 0 fully saturated rings. The maximum Gasteiger partial charge on any atom is 0.273 e. The number of nitro benzene ring substituents is 1. The minimum atomic E-state index is -0.507. The maximum atomic E-state index is 10.6. The van der Waals surface area contributed by atoms with E-state index in [1.54, 1.807) is 0 Å². The summed E-state index contributed by atoms with van der Waals surface area (Å²) in [6.07, 6.45) is 0. The van der Waals surface area contributed by atoms with E-state index in [9.17, 15) is 10.1 Å². The summed E-state index contributed by atoms with van der Waals surface area (Å²) in [7, 11) is 0. The van der Waals surface area contributed by atoms with Crippen LogP contribution in [0.2, 0.25) is 0 Å². The molecule has 7 heteroatoms. The number of rotatable bonds is 3. The third-order valence-electron chi connectivity index (χ3n) is 1.61. The Hall–Kier alpha value is -1.59. The largest absolute Gasteiger partial charge is 0.273 e. The van der Waals surface area contributed by atoms with Crippen molar-refractivity contribution >= 4 is 27.3 Å². The summed E-state index contributed by atoms with van der Waals surface area (Å²) in [4.78, 5) is 12.7. The number of alkyl halides is 1. The third kappa shape index (κ3) is 2.01. The van der Waals surface area contributed by atoms with Crippen molar-refractivity contribution in [1.82, 2.24) is 0 Å². The van der Waals surface area contributed by atoms with Crippen LogP contribution >= 0.6 is 15.9 Å². The van der Waals surface area contributed by atoms with Crippen molar-refractivity contribution in [3.05, 3.63) is 44.3 Å². The average Bonchev–Trinajstić information content (AvgIpc) is 2.18. The molecule has 14 heavy (non-hydrogen) atoms. The Balaban J connectivity index is 3.39. The molecule has 1 aromatic rings. The van der Waals surface area contributed by atoms with Crippen LogP contribution in [0.4, 0.5) is 11.4 Å². The van der Waals surface area contributed by atoms with E-state index in [0.717, 1.165) is 0 Å². The van der Waals surface area contributed by atoms with Gasteiger partial charge in [-0.3, -0.25) is 10.1 Å². The van der Waals surface area contributed by atoms with Crippen LogP contribution in [0.1, 0.15) is 5.56 Å². The maximum absolute atomic E-state index is 10.6. The third-order valence-corrected chi connectivity index (χ3v) is 2.17. The van der Waals surface area contributed by atoms with Crippen LogP contribution in [0.25, 0.3) is 10.4 Å². The zero-order valence-electron chi connectivity index (χ0n) is 6.92. The smallest absolute Gasteiger partial charge is 0.258 e. The molecule has 0 aliphatic carbocycles. The molecular weight excluding hydrogens is 252 g/mol. The Morgan fingerprint density at radius 1 is 1.64 bits per heavy atom. The van der Waals surface area contributed by atoms with Crippen molar-refractivity contribution in [1.29, 1.82) is 0 Å². The van der Waals surface area contributed by atoms with Crippen molar-refractivity contribution in [3.63, 3.8) is 0 Å². The number of nitro groups is 1. The highest BCUT2D eigenvalue weighted by molar-refractivity contribution is 9.08. The Labute approximate surface area is 87.5 Å². The fourth-order valence-electron chi connectivity index (χ4n) is 1.01. The number of nitrogens with zero attached hydrogens (tertiary/aromatic N) is 4. The summed E-state index contributed by atoms with van der Waals surface area (Å²) < 4.78 is 0. The average molecular weight is 257 g/mol. The summed E-state index contributed by atoms with van der Waals surface area (Å²) >= 11 is 3.11. The van der Waals surface area contributed by atoms with Crippen LogP contribution < -0.4 is 0 Å². The van der Waals surface area contributed by atoms with Crippen molar-refractivity contribution in [3.8, 4) is 0 Å². The highest BCUT2D eigenvalue weighted by Gasteiger charge is 2.14. The van der Waals surface area contributed by atoms with E-state index in [4.69, 9.17) is 5.53 Å². The quantitative estimate of drug-likeness (QED) is 0.207. The van der Waals surface area contributed by atoms with Crippen LogP contribution in [0, 0.1) is 10.1 Å². The first kappa shape index (κ1) is 10.5. The highest BCUT2D eigenvalue weighted by Crippen LogP contribution is 2.30. The summed E-state index contributed by atoms with van der Waals surface area (Å²) in [5.74, 6) is 0. The van der Waals surface area contributed by atoms with Gasteiger partial charge in [-0.25, -0.2) is 0 Å². The molecule has 6 nitrogen and oxygen atoms in total. The molecule has 0 aliphatic heterocycles. The number of benzene rings is 1. The predicted octanol–water partition coefficient (Wildman–Crippen LogP) is 3.43. The molecule has 0 aliphatic rings. The lowest BCUT2D eigenvalue weighted by molar-refractivity contribution is -0.385. The first-order chi connectivity index (χ1) is 6.70. The molecule has 0 saturated heterocycles. The molecule has 0 heterocycles. The molecule has 0 spiro atoms. The molecule has 0 unspecified atom stereocenters. The van der Waals surface area contributed by atoms with Gasteiger partial charge in [0.2, 0.25) is 0 Å². The normalized spacial score (nSPS) is 9.21. The molecule has 0 N–H and O–H groups in total. The second-order valence-electron chi connectivity index (χ2n) is 2.36. The first-order valence-electron chi connectivity index (χ1n) is 3.58. The Morgan fingerprint density at radius 3 is 2.86 bits per heavy atom. The Morgan fingerprint density at radius 2 is 2.36 bits per heavy atom. The zero-order chi connectivity index (χ0) is 10.6. The molecular formula is C7H5BrN4O2. The van der Waals surface area contributed by atoms with Gasteiger partial charge >= 0.3 is 0 Å². The molecule has 72 valence electrons. The van der Waals surface area contributed by atoms with Gasteiger partial charge in [0.15, 0.2) is 0 Å². The van der Waals surface area contributed by atoms with Crippen LogP contribution in [0.3, 0.4) is 0 Å². The second-order valence-corrected chi connectivity index (χ2v) is 2.92. The standard InChI is InChI=1S/C7H5BrN4O2/c8-4-5-6(10-11-9)2-1-3-7(5)12(13)14/h1-3H,4H2. The minimum absolute atomic E-state index is 0.0493. The predicted molar refractivity (Wildman–Crippen MR) is 54.5 cm³/mol. The molecule has 1 rings (SSSR count). The molecule has 0 aromatic heterocycles. The van der Waals surface area contributed by atoms with Gasteiger partial charge in [-0.1, -0.05) is 33.2 Å². The molecule has 1 aromatic carbocycles. The number of halogens is 1. The number of hydrogen-bond acceptors (Lipinski definition) is 3. The number of hydrogen-bond donors (Lipinski definition) is 0. The van der Waals surface area contributed by atoms with Gasteiger partial charge < -0.3 is 0 Å². The van der Waals surface area contributed by atoms with E-state index < -0.39 is 4.92 Å². The van der Waals surface area contributed by atoms with Gasteiger partial charge in [-0.2, -0.15) is 0 Å². The van der Waals surface area contributed by atoms with Crippen molar-refractivity contribution in [2.24, 2.45) is 5.11 Å². The lowest BCUT2D eigenvalue weighted by Crippen LogP contribution is -1.92. The zero-order valence-corrected chi connectivity index (χ0v) is 8.51. The molecule has 0 amide bonds. The summed E-state index contributed by atoms with van der Waals surface area (Å²) in [5.41, 5.74) is 8.85. The molecule has 0 saturated carbocycles. The highest BCUT2D eigenvalue weighted by atomic mass is 79.9. The van der Waals surface area contributed by atoms with E-state index in [1.807, 2.05) is 0 Å². The van der Waals surface area contributed by atoms with Crippen LogP contribution in [0.15, 0.2) is 23.3 Å². The van der Waals surface area contributed by atoms with Gasteiger partial charge in [0.25, 0.3) is 5.69 Å². The topological polar surface area (TPSA) is 91.9 Å². The minimum Gasteiger partial charge on any atom is -0.258 e. The van der Waals surface area contributed by atoms with E-state index in [0.29, 0.717) is 5.56 Å². The summed E-state index contributed by atoms with van der Waals surface area (Å²) in [6, 6.07) is 4.38. The van der Waals surface area contributed by atoms with Crippen LogP contribution in [-0.2, 0) is 5.33 Å². The Kier molecular flexibility index (Phi) is 3.44. The molecule has 0 atom stereocenters. The van der Waals surface area contributed by atoms with Gasteiger partial charge in [0.1, 0.15) is 0 Å². The lowest BCUT2D eigenvalue weighted by Gasteiger charge is -2.01. The summed E-state index contributed by atoms with van der Waals surface area (Å²) in [5, 5.41) is 14.2.